The molecule has 0 unspecified atom stereocenters. The maximum Gasteiger partial charge on any atom is 0.253 e. The number of carbonyl (C=O) groups is 1. The van der Waals surface area contributed by atoms with Gasteiger partial charge in [-0.25, -0.2) is 4.98 Å². The Balaban J connectivity index is 1.92. The number of rotatable bonds is 5. The van der Waals surface area contributed by atoms with Gasteiger partial charge in [-0.05, 0) is 31.4 Å². The summed E-state index contributed by atoms with van der Waals surface area (Å²) in [6.45, 7) is 4.41. The van der Waals surface area contributed by atoms with Crippen LogP contribution in [-0.4, -0.2) is 17.0 Å². The standard InChI is InChI=1S/C14H16N2O2S/c1-10(2)18-13-6-5-11(8-15-13)14(17)16-9-12-4-3-7-19-12/h3-8,10H,9H2,1-2H3,(H,16,17). The van der Waals surface area contributed by atoms with E-state index >= 15 is 0 Å². The van der Waals surface area contributed by atoms with Crippen molar-refractivity contribution in [1.82, 2.24) is 10.3 Å². The number of pyridine rings is 1. The second kappa shape index (κ2) is 6.33. The fourth-order valence-corrected chi connectivity index (χ4v) is 2.15. The molecule has 2 aromatic heterocycles. The van der Waals surface area contributed by atoms with E-state index in [1.54, 1.807) is 23.5 Å². The van der Waals surface area contributed by atoms with Crippen molar-refractivity contribution >= 4 is 17.2 Å². The van der Waals surface area contributed by atoms with Crippen LogP contribution in [0.2, 0.25) is 0 Å². The van der Waals surface area contributed by atoms with Crippen molar-refractivity contribution in [3.8, 4) is 5.88 Å². The molecule has 0 fully saturated rings. The molecule has 0 spiro atoms. The summed E-state index contributed by atoms with van der Waals surface area (Å²) >= 11 is 1.62. The number of aromatic nitrogens is 1. The average molecular weight is 276 g/mol. The summed E-state index contributed by atoms with van der Waals surface area (Å²) in [4.78, 5) is 17.1. The fourth-order valence-electron chi connectivity index (χ4n) is 1.51. The summed E-state index contributed by atoms with van der Waals surface area (Å²) in [7, 11) is 0. The van der Waals surface area contributed by atoms with Gasteiger partial charge in [-0.1, -0.05) is 6.07 Å². The Hall–Kier alpha value is -1.88. The van der Waals surface area contributed by atoms with Gasteiger partial charge in [-0.15, -0.1) is 11.3 Å². The van der Waals surface area contributed by atoms with E-state index in [0.29, 0.717) is 18.0 Å². The van der Waals surface area contributed by atoms with Crippen LogP contribution in [0.3, 0.4) is 0 Å². The second-order valence-electron chi connectivity index (χ2n) is 4.31. The van der Waals surface area contributed by atoms with Crippen LogP contribution < -0.4 is 10.1 Å². The first kappa shape index (κ1) is 13.5. The van der Waals surface area contributed by atoms with Crippen LogP contribution in [0.4, 0.5) is 0 Å². The summed E-state index contributed by atoms with van der Waals surface area (Å²) in [5.41, 5.74) is 0.535. The number of amides is 1. The van der Waals surface area contributed by atoms with Crippen LogP contribution in [0.15, 0.2) is 35.8 Å². The molecule has 0 saturated heterocycles. The highest BCUT2D eigenvalue weighted by Gasteiger charge is 2.07. The number of hydrogen-bond donors (Lipinski definition) is 1. The molecule has 1 amide bonds. The van der Waals surface area contributed by atoms with Crippen molar-refractivity contribution in [1.29, 1.82) is 0 Å². The Labute approximate surface area is 116 Å². The molecule has 5 heteroatoms. The average Bonchev–Trinajstić information content (AvgIpc) is 2.89. The van der Waals surface area contributed by atoms with Gasteiger partial charge in [0.05, 0.1) is 18.2 Å². The summed E-state index contributed by atoms with van der Waals surface area (Å²) in [5.74, 6) is 0.404. The highest BCUT2D eigenvalue weighted by atomic mass is 32.1. The lowest BCUT2D eigenvalue weighted by molar-refractivity contribution is 0.0951. The third-order valence-electron chi connectivity index (χ3n) is 2.36. The molecule has 4 nitrogen and oxygen atoms in total. The smallest absolute Gasteiger partial charge is 0.253 e. The first-order valence-electron chi connectivity index (χ1n) is 6.08. The number of ether oxygens (including phenoxy) is 1. The zero-order valence-corrected chi connectivity index (χ0v) is 11.7. The van der Waals surface area contributed by atoms with Crippen molar-refractivity contribution in [2.24, 2.45) is 0 Å². The Morgan fingerprint density at radius 2 is 2.26 bits per heavy atom. The van der Waals surface area contributed by atoms with E-state index < -0.39 is 0 Å². The molecule has 1 N–H and O–H groups in total. The second-order valence-corrected chi connectivity index (χ2v) is 5.35. The van der Waals surface area contributed by atoms with Crippen LogP contribution >= 0.6 is 11.3 Å². The Morgan fingerprint density at radius 3 is 2.84 bits per heavy atom. The van der Waals surface area contributed by atoms with Gasteiger partial charge >= 0.3 is 0 Å². The maximum absolute atomic E-state index is 11.9. The summed E-state index contributed by atoms with van der Waals surface area (Å²) < 4.78 is 5.43. The normalized spacial score (nSPS) is 10.5. The Kier molecular flexibility index (Phi) is 4.52. The van der Waals surface area contributed by atoms with Crippen LogP contribution in [0.5, 0.6) is 5.88 Å². The molecule has 2 heterocycles. The SMILES string of the molecule is CC(C)Oc1ccc(C(=O)NCc2cccs2)cn1. The lowest BCUT2D eigenvalue weighted by Gasteiger charge is -2.08. The van der Waals surface area contributed by atoms with Gasteiger partial charge in [0.15, 0.2) is 0 Å². The number of thiophene rings is 1. The number of nitrogens with zero attached hydrogens (tertiary/aromatic N) is 1. The molecule has 0 aromatic carbocycles. The monoisotopic (exact) mass is 276 g/mol. The van der Waals surface area contributed by atoms with Gasteiger partial charge in [-0.2, -0.15) is 0 Å². The van der Waals surface area contributed by atoms with Gasteiger partial charge in [0, 0.05) is 17.1 Å². The van der Waals surface area contributed by atoms with Crippen molar-refractivity contribution < 1.29 is 9.53 Å². The first-order valence-corrected chi connectivity index (χ1v) is 6.96. The highest BCUT2D eigenvalue weighted by Crippen LogP contribution is 2.11. The molecule has 2 aromatic rings. The summed E-state index contributed by atoms with van der Waals surface area (Å²) in [6.07, 6.45) is 1.60. The van der Waals surface area contributed by atoms with E-state index in [4.69, 9.17) is 4.74 Å². The largest absolute Gasteiger partial charge is 0.475 e. The van der Waals surface area contributed by atoms with Crippen LogP contribution in [0, 0.1) is 0 Å². The maximum atomic E-state index is 11.9. The molecule has 0 radical (unpaired) electrons. The minimum atomic E-state index is -0.128. The van der Waals surface area contributed by atoms with Gasteiger partial charge < -0.3 is 10.1 Å². The Bertz CT molecular complexity index is 521. The van der Waals surface area contributed by atoms with Gasteiger partial charge in [0.25, 0.3) is 5.91 Å². The third-order valence-corrected chi connectivity index (χ3v) is 3.23. The topological polar surface area (TPSA) is 51.2 Å². The molecule has 2 rings (SSSR count). The van der Waals surface area contributed by atoms with E-state index in [0.717, 1.165) is 4.88 Å². The molecular formula is C14H16N2O2S. The summed E-state index contributed by atoms with van der Waals surface area (Å²) in [6, 6.07) is 7.38. The first-order chi connectivity index (χ1) is 9.15. The number of hydrogen-bond acceptors (Lipinski definition) is 4. The van der Waals surface area contributed by atoms with Crippen molar-refractivity contribution in [3.63, 3.8) is 0 Å². The lowest BCUT2D eigenvalue weighted by atomic mass is 10.2. The van der Waals surface area contributed by atoms with E-state index in [-0.39, 0.29) is 12.0 Å². The number of carbonyl (C=O) groups excluding carboxylic acids is 1. The molecule has 0 aliphatic heterocycles. The fraction of sp³-hybridized carbons (Fsp3) is 0.286. The van der Waals surface area contributed by atoms with Crippen molar-refractivity contribution in [2.75, 3.05) is 0 Å². The van der Waals surface area contributed by atoms with Crippen LogP contribution in [0.25, 0.3) is 0 Å². The predicted octanol–water partition coefficient (Wildman–Crippen LogP) is 2.86. The minimum absolute atomic E-state index is 0.0750. The van der Waals surface area contributed by atoms with Crippen LogP contribution in [-0.2, 0) is 6.54 Å². The van der Waals surface area contributed by atoms with Crippen molar-refractivity contribution in [2.45, 2.75) is 26.5 Å². The Morgan fingerprint density at radius 1 is 1.42 bits per heavy atom. The van der Waals surface area contributed by atoms with Crippen molar-refractivity contribution in [3.05, 3.63) is 46.3 Å². The van der Waals surface area contributed by atoms with E-state index in [1.165, 1.54) is 6.20 Å². The summed E-state index contributed by atoms with van der Waals surface area (Å²) in [5, 5.41) is 4.84. The molecule has 19 heavy (non-hydrogen) atoms. The molecule has 0 aliphatic rings. The molecule has 0 aliphatic carbocycles. The number of nitrogens with one attached hydrogen (secondary N) is 1. The predicted molar refractivity (Wildman–Crippen MR) is 75.5 cm³/mol. The van der Waals surface area contributed by atoms with Gasteiger partial charge in [0.1, 0.15) is 0 Å². The van der Waals surface area contributed by atoms with E-state index in [2.05, 4.69) is 10.3 Å². The van der Waals surface area contributed by atoms with Crippen LogP contribution in [0.1, 0.15) is 29.1 Å². The molecule has 0 saturated carbocycles. The third kappa shape index (κ3) is 4.06. The lowest BCUT2D eigenvalue weighted by Crippen LogP contribution is -2.22. The molecule has 0 atom stereocenters. The van der Waals surface area contributed by atoms with Gasteiger partial charge in [0.2, 0.25) is 5.88 Å². The van der Waals surface area contributed by atoms with Gasteiger partial charge in [-0.3, -0.25) is 4.79 Å². The zero-order chi connectivity index (χ0) is 13.7. The minimum Gasteiger partial charge on any atom is -0.475 e. The quantitative estimate of drug-likeness (QED) is 0.913. The van der Waals surface area contributed by atoms with E-state index in [1.807, 2.05) is 31.4 Å². The highest BCUT2D eigenvalue weighted by molar-refractivity contribution is 7.09. The zero-order valence-electron chi connectivity index (χ0n) is 10.9. The molecule has 100 valence electrons. The molecular weight excluding hydrogens is 260 g/mol. The molecule has 0 bridgehead atoms. The van der Waals surface area contributed by atoms with E-state index in [9.17, 15) is 4.79 Å².